The summed E-state index contributed by atoms with van der Waals surface area (Å²) in [5.41, 5.74) is 6.14. The van der Waals surface area contributed by atoms with Crippen LogP contribution in [0.15, 0.2) is 48.8 Å². The molecular formula is C18H18N2O. The van der Waals surface area contributed by atoms with Crippen molar-refractivity contribution in [1.29, 1.82) is 0 Å². The van der Waals surface area contributed by atoms with Gasteiger partial charge in [0, 0.05) is 18.8 Å². The number of rotatable bonds is 3. The highest BCUT2D eigenvalue weighted by atomic mass is 16.3. The van der Waals surface area contributed by atoms with Crippen LogP contribution < -0.4 is 0 Å². The van der Waals surface area contributed by atoms with Gasteiger partial charge in [0.2, 0.25) is 0 Å². The molecule has 0 saturated heterocycles. The molecule has 1 aromatic heterocycles. The largest absolute Gasteiger partial charge is 0.388 e. The van der Waals surface area contributed by atoms with Crippen molar-refractivity contribution in [2.75, 3.05) is 0 Å². The fourth-order valence-corrected chi connectivity index (χ4v) is 2.72. The molecule has 0 amide bonds. The van der Waals surface area contributed by atoms with Crippen LogP contribution in [-0.2, 0) is 6.42 Å². The first kappa shape index (κ1) is 13.7. The van der Waals surface area contributed by atoms with E-state index in [0.717, 1.165) is 22.2 Å². The Kier molecular flexibility index (Phi) is 3.67. The summed E-state index contributed by atoms with van der Waals surface area (Å²) in [7, 11) is 0. The van der Waals surface area contributed by atoms with Crippen molar-refractivity contribution < 1.29 is 5.11 Å². The molecule has 3 rings (SSSR count). The first-order valence-electron chi connectivity index (χ1n) is 7.08. The van der Waals surface area contributed by atoms with Crippen molar-refractivity contribution in [3.8, 4) is 0 Å². The summed E-state index contributed by atoms with van der Waals surface area (Å²) in [6.45, 7) is 4.16. The van der Waals surface area contributed by atoms with Gasteiger partial charge in [0.1, 0.15) is 0 Å². The maximum absolute atomic E-state index is 10.5. The molecule has 0 aliphatic carbocycles. The Hall–Kier alpha value is -2.26. The topological polar surface area (TPSA) is 46.0 Å². The van der Waals surface area contributed by atoms with E-state index in [0.29, 0.717) is 6.42 Å². The summed E-state index contributed by atoms with van der Waals surface area (Å²) in [5, 5.41) is 10.5. The molecule has 3 heteroatoms. The average Bonchev–Trinajstić information content (AvgIpc) is 2.45. The number of nitrogens with zero attached hydrogens (tertiary/aromatic N) is 2. The number of aliphatic hydroxyl groups excluding tert-OH is 1. The fraction of sp³-hybridized carbons (Fsp3) is 0.222. The van der Waals surface area contributed by atoms with Crippen molar-refractivity contribution in [2.24, 2.45) is 0 Å². The van der Waals surface area contributed by atoms with E-state index in [2.05, 4.69) is 42.0 Å². The summed E-state index contributed by atoms with van der Waals surface area (Å²) < 4.78 is 0. The van der Waals surface area contributed by atoms with Crippen LogP contribution in [0.3, 0.4) is 0 Å². The van der Waals surface area contributed by atoms with Crippen molar-refractivity contribution in [2.45, 2.75) is 26.4 Å². The molecule has 3 aromatic rings. The van der Waals surface area contributed by atoms with Gasteiger partial charge in [0.05, 0.1) is 17.1 Å². The standard InChI is InChI=1S/C18H18N2O/c1-12-7-13(2)9-14(8-12)10-18(21)15-3-4-16-17(11-15)20-6-5-19-16/h3-9,11,18,21H,10H2,1-2H3. The molecule has 0 aliphatic heterocycles. The summed E-state index contributed by atoms with van der Waals surface area (Å²) >= 11 is 0. The fourth-order valence-electron chi connectivity index (χ4n) is 2.72. The van der Waals surface area contributed by atoms with E-state index in [9.17, 15) is 5.11 Å². The third-order valence-corrected chi connectivity index (χ3v) is 3.59. The quantitative estimate of drug-likeness (QED) is 0.797. The number of aliphatic hydroxyl groups is 1. The Labute approximate surface area is 124 Å². The molecular weight excluding hydrogens is 260 g/mol. The number of aryl methyl sites for hydroxylation is 2. The first-order valence-corrected chi connectivity index (χ1v) is 7.08. The molecule has 3 nitrogen and oxygen atoms in total. The van der Waals surface area contributed by atoms with Gasteiger partial charge in [-0.1, -0.05) is 35.4 Å². The SMILES string of the molecule is Cc1cc(C)cc(CC(O)c2ccc3nccnc3c2)c1. The van der Waals surface area contributed by atoms with Gasteiger partial charge in [-0.15, -0.1) is 0 Å². The van der Waals surface area contributed by atoms with Crippen LogP contribution in [0.5, 0.6) is 0 Å². The second-order valence-corrected chi connectivity index (χ2v) is 5.52. The molecule has 1 unspecified atom stereocenters. The second kappa shape index (κ2) is 5.62. The molecule has 1 heterocycles. The van der Waals surface area contributed by atoms with Gasteiger partial charge in [-0.2, -0.15) is 0 Å². The third kappa shape index (κ3) is 3.09. The van der Waals surface area contributed by atoms with Crippen LogP contribution in [-0.4, -0.2) is 15.1 Å². The number of aromatic nitrogens is 2. The molecule has 1 N–H and O–H groups in total. The zero-order chi connectivity index (χ0) is 14.8. The van der Waals surface area contributed by atoms with Crippen LogP contribution in [0.25, 0.3) is 11.0 Å². The van der Waals surface area contributed by atoms with E-state index < -0.39 is 6.10 Å². The zero-order valence-corrected chi connectivity index (χ0v) is 12.2. The van der Waals surface area contributed by atoms with E-state index in [1.54, 1.807) is 12.4 Å². The summed E-state index contributed by atoms with van der Waals surface area (Å²) in [6.07, 6.45) is 3.42. The minimum Gasteiger partial charge on any atom is -0.388 e. The second-order valence-electron chi connectivity index (χ2n) is 5.52. The lowest BCUT2D eigenvalue weighted by Crippen LogP contribution is -2.02. The highest BCUT2D eigenvalue weighted by Gasteiger charge is 2.10. The van der Waals surface area contributed by atoms with Crippen molar-refractivity contribution >= 4 is 11.0 Å². The van der Waals surface area contributed by atoms with Crippen LogP contribution >= 0.6 is 0 Å². The van der Waals surface area contributed by atoms with Gasteiger partial charge < -0.3 is 5.11 Å². The molecule has 2 aromatic carbocycles. The van der Waals surface area contributed by atoms with Crippen molar-refractivity contribution in [3.05, 3.63) is 71.0 Å². The Morgan fingerprint density at radius 1 is 0.905 bits per heavy atom. The van der Waals surface area contributed by atoms with Crippen LogP contribution in [0, 0.1) is 13.8 Å². The maximum atomic E-state index is 10.5. The molecule has 1 atom stereocenters. The van der Waals surface area contributed by atoms with Crippen molar-refractivity contribution in [1.82, 2.24) is 9.97 Å². The van der Waals surface area contributed by atoms with Crippen molar-refractivity contribution in [3.63, 3.8) is 0 Å². The smallest absolute Gasteiger partial charge is 0.0890 e. The number of hydrogen-bond acceptors (Lipinski definition) is 3. The van der Waals surface area contributed by atoms with Gasteiger partial charge in [-0.05, 0) is 37.1 Å². The van der Waals surface area contributed by atoms with E-state index in [4.69, 9.17) is 0 Å². The monoisotopic (exact) mass is 278 g/mol. The molecule has 0 bridgehead atoms. The normalized spacial score (nSPS) is 12.5. The Bertz CT molecular complexity index is 763. The maximum Gasteiger partial charge on any atom is 0.0890 e. The van der Waals surface area contributed by atoms with E-state index in [1.807, 2.05) is 18.2 Å². The van der Waals surface area contributed by atoms with E-state index in [1.165, 1.54) is 11.1 Å². The predicted octanol–water partition coefficient (Wildman–Crippen LogP) is 3.52. The molecule has 0 saturated carbocycles. The summed E-state index contributed by atoms with van der Waals surface area (Å²) in [4.78, 5) is 8.53. The number of hydrogen-bond donors (Lipinski definition) is 1. The van der Waals surface area contributed by atoms with Gasteiger partial charge >= 0.3 is 0 Å². The lowest BCUT2D eigenvalue weighted by Gasteiger charge is -2.13. The number of fused-ring (bicyclic) bond motifs is 1. The molecule has 0 aliphatic rings. The van der Waals surface area contributed by atoms with Crippen LogP contribution in [0.1, 0.15) is 28.4 Å². The molecule has 0 radical (unpaired) electrons. The molecule has 0 fully saturated rings. The highest BCUT2D eigenvalue weighted by molar-refractivity contribution is 5.74. The predicted molar refractivity (Wildman–Crippen MR) is 84.1 cm³/mol. The molecule has 21 heavy (non-hydrogen) atoms. The zero-order valence-electron chi connectivity index (χ0n) is 12.2. The minimum absolute atomic E-state index is 0.530. The van der Waals surface area contributed by atoms with Crippen LogP contribution in [0.2, 0.25) is 0 Å². The average molecular weight is 278 g/mol. The highest BCUT2D eigenvalue weighted by Crippen LogP contribution is 2.22. The first-order chi connectivity index (χ1) is 10.1. The summed E-state index contributed by atoms with van der Waals surface area (Å²) in [6, 6.07) is 12.1. The van der Waals surface area contributed by atoms with Crippen LogP contribution in [0.4, 0.5) is 0 Å². The molecule has 0 spiro atoms. The third-order valence-electron chi connectivity index (χ3n) is 3.59. The Balaban J connectivity index is 1.87. The Morgan fingerprint density at radius 3 is 2.29 bits per heavy atom. The van der Waals surface area contributed by atoms with Gasteiger partial charge in [-0.25, -0.2) is 0 Å². The summed E-state index contributed by atoms with van der Waals surface area (Å²) in [5.74, 6) is 0. The van der Waals surface area contributed by atoms with Gasteiger partial charge in [0.15, 0.2) is 0 Å². The Morgan fingerprint density at radius 2 is 1.57 bits per heavy atom. The number of benzene rings is 2. The lowest BCUT2D eigenvalue weighted by molar-refractivity contribution is 0.178. The van der Waals surface area contributed by atoms with Gasteiger partial charge in [0.25, 0.3) is 0 Å². The molecule has 106 valence electrons. The van der Waals surface area contributed by atoms with E-state index in [-0.39, 0.29) is 0 Å². The lowest BCUT2D eigenvalue weighted by atomic mass is 9.98. The van der Waals surface area contributed by atoms with Gasteiger partial charge in [-0.3, -0.25) is 9.97 Å². The minimum atomic E-state index is -0.530. The van der Waals surface area contributed by atoms with E-state index >= 15 is 0 Å².